The Morgan fingerprint density at radius 3 is 2.09 bits per heavy atom. The summed E-state index contributed by atoms with van der Waals surface area (Å²) in [4.78, 5) is 12.8. The average molecular weight is 461 g/mol. The third kappa shape index (κ3) is 3.78. The van der Waals surface area contributed by atoms with Crippen molar-refractivity contribution < 1.29 is 15.0 Å². The fourth-order valence-corrected chi connectivity index (χ4v) is 10.4. The minimum atomic E-state index is -0.676. The van der Waals surface area contributed by atoms with E-state index in [9.17, 15) is 15.0 Å². The Kier molecular flexibility index (Phi) is 6.06. The lowest BCUT2D eigenvalue weighted by Gasteiger charge is -2.66. The summed E-state index contributed by atoms with van der Waals surface area (Å²) in [6.07, 6.45) is 11.5. The highest BCUT2D eigenvalue weighted by Gasteiger charge is 2.68. The van der Waals surface area contributed by atoms with Crippen molar-refractivity contribution in [2.75, 3.05) is 0 Å². The quantitative estimate of drug-likeness (QED) is 0.467. The largest absolute Gasteiger partial charge is 0.390 e. The van der Waals surface area contributed by atoms with E-state index in [1.807, 2.05) is 13.8 Å². The molecule has 0 aromatic carbocycles. The maximum atomic E-state index is 12.8. The molecule has 4 saturated carbocycles. The predicted octanol–water partition coefficient (Wildman–Crippen LogP) is 6.93. The maximum absolute atomic E-state index is 12.8. The minimum Gasteiger partial charge on any atom is -0.390 e. The molecule has 0 bridgehead atoms. The fraction of sp³-hybridized carbons (Fsp3) is 0.967. The second-order valence-corrected chi connectivity index (χ2v) is 15.0. The summed E-state index contributed by atoms with van der Waals surface area (Å²) in [5.74, 6) is 2.74. The number of hydrogen-bond donors (Lipinski definition) is 2. The van der Waals surface area contributed by atoms with E-state index in [2.05, 4.69) is 41.5 Å². The van der Waals surface area contributed by atoms with Gasteiger partial charge in [0.05, 0.1) is 11.2 Å². The van der Waals surface area contributed by atoms with Crippen molar-refractivity contribution in [2.24, 2.45) is 45.3 Å². The Labute approximate surface area is 203 Å². The number of carbonyl (C=O) groups is 1. The van der Waals surface area contributed by atoms with E-state index in [1.165, 1.54) is 32.1 Å². The van der Waals surface area contributed by atoms with Gasteiger partial charge in [-0.3, -0.25) is 4.79 Å². The molecule has 190 valence electrons. The molecule has 0 heterocycles. The Hall–Kier alpha value is -0.410. The Bertz CT molecular complexity index is 776. The summed E-state index contributed by atoms with van der Waals surface area (Å²) in [5.41, 5.74) is -0.813. The molecular formula is C30H52O3. The summed E-state index contributed by atoms with van der Waals surface area (Å²) in [6.45, 7) is 17.9. The van der Waals surface area contributed by atoms with Gasteiger partial charge < -0.3 is 10.2 Å². The molecule has 4 fully saturated rings. The first-order valence-electron chi connectivity index (χ1n) is 14.0. The molecular weight excluding hydrogens is 408 g/mol. The van der Waals surface area contributed by atoms with E-state index >= 15 is 0 Å². The smallest absolute Gasteiger partial charge is 0.138 e. The van der Waals surface area contributed by atoms with Gasteiger partial charge in [0.1, 0.15) is 5.78 Å². The zero-order valence-electron chi connectivity index (χ0n) is 22.9. The number of rotatable bonds is 5. The van der Waals surface area contributed by atoms with E-state index in [0.717, 1.165) is 38.5 Å². The van der Waals surface area contributed by atoms with Crippen LogP contribution in [-0.2, 0) is 4.79 Å². The Morgan fingerprint density at radius 1 is 0.818 bits per heavy atom. The van der Waals surface area contributed by atoms with Crippen molar-refractivity contribution in [1.29, 1.82) is 0 Å². The van der Waals surface area contributed by atoms with Gasteiger partial charge in [-0.05, 0) is 125 Å². The van der Waals surface area contributed by atoms with Gasteiger partial charge in [0.25, 0.3) is 0 Å². The molecule has 0 aliphatic heterocycles. The molecule has 0 spiro atoms. The second kappa shape index (κ2) is 7.79. The van der Waals surface area contributed by atoms with Gasteiger partial charge in [0, 0.05) is 11.8 Å². The molecule has 0 radical (unpaired) electrons. The molecule has 0 saturated heterocycles. The van der Waals surface area contributed by atoms with Gasteiger partial charge in [0.15, 0.2) is 0 Å². The van der Waals surface area contributed by atoms with E-state index in [0.29, 0.717) is 29.5 Å². The third-order valence-corrected chi connectivity index (χ3v) is 12.4. The summed E-state index contributed by atoms with van der Waals surface area (Å²) in [7, 11) is 0. The molecule has 33 heavy (non-hydrogen) atoms. The van der Waals surface area contributed by atoms with Crippen LogP contribution in [0.3, 0.4) is 0 Å². The van der Waals surface area contributed by atoms with Crippen LogP contribution in [-0.4, -0.2) is 27.2 Å². The van der Waals surface area contributed by atoms with Gasteiger partial charge >= 0.3 is 0 Å². The zero-order valence-corrected chi connectivity index (χ0v) is 22.9. The van der Waals surface area contributed by atoms with Crippen LogP contribution in [0.15, 0.2) is 0 Å². The van der Waals surface area contributed by atoms with Crippen molar-refractivity contribution in [3.05, 3.63) is 0 Å². The fourth-order valence-electron chi connectivity index (χ4n) is 10.4. The molecule has 0 aromatic rings. The van der Waals surface area contributed by atoms with Crippen molar-refractivity contribution in [1.82, 2.24) is 0 Å². The first-order valence-corrected chi connectivity index (χ1v) is 14.0. The number of hydrogen-bond acceptors (Lipinski definition) is 3. The van der Waals surface area contributed by atoms with E-state index in [4.69, 9.17) is 0 Å². The SMILES string of the molecule is CC(C)(O)CCCC(C)(O)C1CCC2(C)C3CCC4C(C)(C)C(=O)CCC4(C)C3CCC12C. The number of ketones is 1. The molecule has 4 aliphatic rings. The van der Waals surface area contributed by atoms with E-state index in [1.54, 1.807) is 0 Å². The lowest BCUT2D eigenvalue weighted by molar-refractivity contribution is -0.191. The molecule has 8 unspecified atom stereocenters. The lowest BCUT2D eigenvalue weighted by atomic mass is 9.38. The summed E-state index contributed by atoms with van der Waals surface area (Å²) in [6, 6.07) is 0. The van der Waals surface area contributed by atoms with Crippen LogP contribution in [0.4, 0.5) is 0 Å². The predicted molar refractivity (Wildman–Crippen MR) is 135 cm³/mol. The normalized spacial score (nSPS) is 46.8. The van der Waals surface area contributed by atoms with Crippen molar-refractivity contribution in [2.45, 2.75) is 137 Å². The first-order chi connectivity index (χ1) is 15.0. The number of carbonyl (C=O) groups excluding carboxylic acids is 1. The highest BCUT2D eigenvalue weighted by atomic mass is 16.3. The monoisotopic (exact) mass is 460 g/mol. The molecule has 4 aliphatic carbocycles. The molecule has 4 rings (SSSR count). The van der Waals surface area contributed by atoms with Gasteiger partial charge in [-0.25, -0.2) is 0 Å². The molecule has 2 N–H and O–H groups in total. The summed E-state index contributed by atoms with van der Waals surface area (Å²) >= 11 is 0. The highest BCUT2D eigenvalue weighted by Crippen LogP contribution is 2.74. The molecule has 3 nitrogen and oxygen atoms in total. The van der Waals surface area contributed by atoms with Crippen LogP contribution in [0, 0.1) is 45.3 Å². The Balaban J connectivity index is 1.58. The van der Waals surface area contributed by atoms with Crippen LogP contribution in [0.25, 0.3) is 0 Å². The average Bonchev–Trinajstić information content (AvgIpc) is 2.96. The van der Waals surface area contributed by atoms with Gasteiger partial charge in [-0.2, -0.15) is 0 Å². The van der Waals surface area contributed by atoms with Crippen LogP contribution in [0.5, 0.6) is 0 Å². The van der Waals surface area contributed by atoms with Crippen molar-refractivity contribution in [3.8, 4) is 0 Å². The van der Waals surface area contributed by atoms with Gasteiger partial charge in [-0.15, -0.1) is 0 Å². The summed E-state index contributed by atoms with van der Waals surface area (Å²) < 4.78 is 0. The van der Waals surface area contributed by atoms with E-state index < -0.39 is 11.2 Å². The Morgan fingerprint density at radius 2 is 1.45 bits per heavy atom. The van der Waals surface area contributed by atoms with Crippen LogP contribution in [0.1, 0.15) is 126 Å². The third-order valence-electron chi connectivity index (χ3n) is 12.4. The minimum absolute atomic E-state index is 0.162. The maximum Gasteiger partial charge on any atom is 0.138 e. The highest BCUT2D eigenvalue weighted by molar-refractivity contribution is 5.85. The molecule has 3 heteroatoms. The lowest BCUT2D eigenvalue weighted by Crippen LogP contribution is -2.61. The number of aliphatic hydroxyl groups is 2. The topological polar surface area (TPSA) is 57.5 Å². The summed E-state index contributed by atoms with van der Waals surface area (Å²) in [5, 5.41) is 21.9. The van der Waals surface area contributed by atoms with E-state index in [-0.39, 0.29) is 21.7 Å². The number of fused-ring (bicyclic) bond motifs is 5. The molecule has 0 aromatic heterocycles. The zero-order chi connectivity index (χ0) is 24.7. The van der Waals surface area contributed by atoms with Crippen LogP contribution < -0.4 is 0 Å². The van der Waals surface area contributed by atoms with Crippen molar-refractivity contribution in [3.63, 3.8) is 0 Å². The molecule has 8 atom stereocenters. The standard InChI is InChI=1S/C30H52O3/c1-25(2,32)15-9-16-30(8,33)23-13-19-28(6)21-10-11-22-26(3,4)24(31)14-17-27(22,5)20(21)12-18-29(23,28)7/h20-23,32-33H,9-19H2,1-8H3. The van der Waals surface area contributed by atoms with Crippen molar-refractivity contribution >= 4 is 5.78 Å². The second-order valence-electron chi connectivity index (χ2n) is 15.0. The van der Waals surface area contributed by atoms with Gasteiger partial charge in [-0.1, -0.05) is 34.6 Å². The van der Waals surface area contributed by atoms with Crippen LogP contribution >= 0.6 is 0 Å². The first kappa shape index (κ1) is 25.7. The van der Waals surface area contributed by atoms with Gasteiger partial charge in [0.2, 0.25) is 0 Å². The number of Topliss-reactive ketones (excluding diaryl/α,β-unsaturated/α-hetero) is 1. The molecule has 0 amide bonds. The van der Waals surface area contributed by atoms with Crippen LogP contribution in [0.2, 0.25) is 0 Å².